The summed E-state index contributed by atoms with van der Waals surface area (Å²) in [5, 5.41) is 38.1. The van der Waals surface area contributed by atoms with E-state index in [-0.39, 0.29) is 16.7 Å². The number of halogens is 1. The third-order valence-electron chi connectivity index (χ3n) is 5.85. The molecule has 216 valence electrons. The van der Waals surface area contributed by atoms with Crippen molar-refractivity contribution in [3.63, 3.8) is 0 Å². The predicted octanol–water partition coefficient (Wildman–Crippen LogP) is 4.60. The topological polar surface area (TPSA) is 189 Å². The Morgan fingerprint density at radius 1 is 0.810 bits per heavy atom. The zero-order chi connectivity index (χ0) is 31.0. The molecule has 3 aromatic carbocycles. The minimum absolute atomic E-state index is 0.114. The molecule has 0 aliphatic rings. The molecular weight excluding hydrogens is 572 g/mol. The largest absolute Gasteiger partial charge is 0.479 e. The lowest BCUT2D eigenvalue weighted by Gasteiger charge is -2.30. The highest BCUT2D eigenvalue weighted by Crippen LogP contribution is 2.27. The number of carboxylic acid groups (broad SMARTS) is 3. The number of aliphatic carboxylic acids is 2. The molecule has 2 atom stereocenters. The van der Waals surface area contributed by atoms with Crippen LogP contribution in [0.5, 0.6) is 0 Å². The van der Waals surface area contributed by atoms with Gasteiger partial charge in [0.1, 0.15) is 17.1 Å². The summed E-state index contributed by atoms with van der Waals surface area (Å²) in [7, 11) is 0. The van der Waals surface area contributed by atoms with Gasteiger partial charge < -0.3 is 29.6 Å². The van der Waals surface area contributed by atoms with Crippen molar-refractivity contribution in [2.24, 2.45) is 0 Å². The van der Waals surface area contributed by atoms with Crippen molar-refractivity contribution in [1.82, 2.24) is 0 Å². The molecule has 4 aromatic rings. The molecule has 0 saturated heterocycles. The molecule has 12 heteroatoms. The number of carbonyl (C=O) groups is 5. The third-order valence-corrected chi connectivity index (χ3v) is 6.10. The first-order valence-electron chi connectivity index (χ1n) is 12.0. The summed E-state index contributed by atoms with van der Waals surface area (Å²) in [6.45, 7) is 1.63. The first-order valence-corrected chi connectivity index (χ1v) is 12.4. The maximum Gasteiger partial charge on any atom is 0.360 e. The standard InChI is InChI=1S/C18H14O8.C12H9ClO3/c19-13(11-7-3-1-4-8-11)18(17(24)25,14(20)15(21)22)26-16(23)12-9-5-2-6-10-12;1-7-10(12(14)15)6-11(16-7)8-2-4-9(13)5-3-8/h1-10,14,20H,(H,21,22)(H,24,25);2-6H,1H3,(H,14,15)/t14-,18+;/m1./s1. The maximum atomic E-state index is 12.7. The molecule has 1 heterocycles. The molecule has 0 amide bonds. The summed E-state index contributed by atoms with van der Waals surface area (Å²) in [6.07, 6.45) is -2.82. The summed E-state index contributed by atoms with van der Waals surface area (Å²) in [4.78, 5) is 58.9. The summed E-state index contributed by atoms with van der Waals surface area (Å²) in [6, 6.07) is 22.4. The van der Waals surface area contributed by atoms with Crippen LogP contribution in [0.3, 0.4) is 0 Å². The van der Waals surface area contributed by atoms with Crippen molar-refractivity contribution in [2.45, 2.75) is 18.6 Å². The zero-order valence-electron chi connectivity index (χ0n) is 21.8. The second-order valence-corrected chi connectivity index (χ2v) is 9.06. The lowest BCUT2D eigenvalue weighted by Crippen LogP contribution is -2.61. The van der Waals surface area contributed by atoms with Crippen molar-refractivity contribution in [3.05, 3.63) is 118 Å². The lowest BCUT2D eigenvalue weighted by molar-refractivity contribution is -0.176. The minimum atomic E-state index is -3.35. The molecule has 0 bridgehead atoms. The average Bonchev–Trinajstić information content (AvgIpc) is 3.38. The van der Waals surface area contributed by atoms with E-state index in [1.165, 1.54) is 54.6 Å². The van der Waals surface area contributed by atoms with Gasteiger partial charge in [-0.2, -0.15) is 0 Å². The van der Waals surface area contributed by atoms with Gasteiger partial charge in [-0.1, -0.05) is 60.1 Å². The van der Waals surface area contributed by atoms with Gasteiger partial charge in [-0.05, 0) is 49.4 Å². The number of hydrogen-bond acceptors (Lipinski definition) is 8. The van der Waals surface area contributed by atoms with E-state index in [0.29, 0.717) is 16.5 Å². The Hall–Kier alpha value is -5.26. The van der Waals surface area contributed by atoms with Crippen LogP contribution < -0.4 is 0 Å². The highest BCUT2D eigenvalue weighted by molar-refractivity contribution is 6.30. The number of aliphatic hydroxyl groups excluding tert-OH is 1. The van der Waals surface area contributed by atoms with Gasteiger partial charge in [0.2, 0.25) is 11.9 Å². The molecule has 0 saturated carbocycles. The van der Waals surface area contributed by atoms with E-state index in [0.717, 1.165) is 5.56 Å². The molecule has 0 fully saturated rings. The van der Waals surface area contributed by atoms with Gasteiger partial charge in [0, 0.05) is 16.1 Å². The van der Waals surface area contributed by atoms with Crippen LogP contribution in [-0.2, 0) is 14.3 Å². The number of carbonyl (C=O) groups excluding carboxylic acids is 2. The Morgan fingerprint density at radius 2 is 1.33 bits per heavy atom. The molecule has 42 heavy (non-hydrogen) atoms. The van der Waals surface area contributed by atoms with Crippen LogP contribution in [-0.4, -0.2) is 61.8 Å². The third kappa shape index (κ3) is 6.89. The van der Waals surface area contributed by atoms with Crippen molar-refractivity contribution >= 4 is 41.3 Å². The highest BCUT2D eigenvalue weighted by Gasteiger charge is 2.59. The molecule has 0 aliphatic heterocycles. The summed E-state index contributed by atoms with van der Waals surface area (Å²) < 4.78 is 10.2. The number of aliphatic hydroxyl groups is 1. The number of esters is 1. The summed E-state index contributed by atoms with van der Waals surface area (Å²) >= 11 is 5.76. The highest BCUT2D eigenvalue weighted by atomic mass is 35.5. The Balaban J connectivity index is 0.000000258. The van der Waals surface area contributed by atoms with E-state index in [4.69, 9.17) is 31.0 Å². The number of furan rings is 1. The molecule has 0 unspecified atom stereocenters. The number of Topliss-reactive ketones (excluding diaryl/α,β-unsaturated/α-hetero) is 1. The number of rotatable bonds is 9. The van der Waals surface area contributed by atoms with Gasteiger partial charge in [-0.25, -0.2) is 19.2 Å². The fourth-order valence-corrected chi connectivity index (χ4v) is 3.82. The monoisotopic (exact) mass is 594 g/mol. The van der Waals surface area contributed by atoms with E-state index in [2.05, 4.69) is 0 Å². The summed E-state index contributed by atoms with van der Waals surface area (Å²) in [5.41, 5.74) is -2.71. The Morgan fingerprint density at radius 3 is 1.79 bits per heavy atom. The van der Waals surface area contributed by atoms with Gasteiger partial charge in [-0.3, -0.25) is 4.79 Å². The van der Waals surface area contributed by atoms with Gasteiger partial charge in [0.25, 0.3) is 0 Å². The molecule has 0 aliphatic carbocycles. The van der Waals surface area contributed by atoms with Crippen LogP contribution in [0.1, 0.15) is 36.8 Å². The molecular formula is C30H23ClO11. The van der Waals surface area contributed by atoms with Crippen LogP contribution in [0.4, 0.5) is 0 Å². The first kappa shape index (κ1) is 31.3. The van der Waals surface area contributed by atoms with Crippen LogP contribution in [0.15, 0.2) is 95.4 Å². The maximum absolute atomic E-state index is 12.7. The number of aromatic carboxylic acids is 1. The van der Waals surface area contributed by atoms with Crippen molar-refractivity contribution in [3.8, 4) is 11.3 Å². The van der Waals surface area contributed by atoms with Gasteiger partial charge in [-0.15, -0.1) is 0 Å². The zero-order valence-corrected chi connectivity index (χ0v) is 22.5. The van der Waals surface area contributed by atoms with Crippen LogP contribution in [0.2, 0.25) is 5.02 Å². The Labute approximate surface area is 243 Å². The number of ether oxygens (including phenoxy) is 1. The van der Waals surface area contributed by atoms with Crippen LogP contribution in [0, 0.1) is 6.92 Å². The van der Waals surface area contributed by atoms with E-state index in [9.17, 15) is 34.2 Å². The van der Waals surface area contributed by atoms with Gasteiger partial charge >= 0.3 is 29.5 Å². The molecule has 1 aromatic heterocycles. The Bertz CT molecular complexity index is 1600. The number of carboxylic acids is 3. The van der Waals surface area contributed by atoms with Gasteiger partial charge in [0.05, 0.1) is 5.56 Å². The minimum Gasteiger partial charge on any atom is -0.479 e. The fraction of sp³-hybridized carbons (Fsp3) is 0.100. The number of benzene rings is 3. The van der Waals surface area contributed by atoms with Crippen molar-refractivity contribution < 1.29 is 53.6 Å². The van der Waals surface area contributed by atoms with Crippen molar-refractivity contribution in [2.75, 3.05) is 0 Å². The first-order chi connectivity index (χ1) is 19.9. The molecule has 0 spiro atoms. The quantitative estimate of drug-likeness (QED) is 0.120. The number of hydrogen-bond donors (Lipinski definition) is 4. The second kappa shape index (κ2) is 13.4. The van der Waals surface area contributed by atoms with Crippen LogP contribution in [0.25, 0.3) is 11.3 Å². The lowest BCUT2D eigenvalue weighted by atomic mass is 9.87. The van der Waals surface area contributed by atoms with Crippen molar-refractivity contribution in [1.29, 1.82) is 0 Å². The molecule has 4 rings (SSSR count). The van der Waals surface area contributed by atoms with Gasteiger partial charge in [0.15, 0.2) is 0 Å². The average molecular weight is 595 g/mol. The number of ketones is 1. The normalized spacial score (nSPS) is 12.5. The van der Waals surface area contributed by atoms with E-state index < -0.39 is 41.4 Å². The molecule has 4 N–H and O–H groups in total. The molecule has 0 radical (unpaired) electrons. The SMILES string of the molecule is Cc1oc(-c2ccc(Cl)cc2)cc1C(=O)O.O=C(O[C@@](C(=O)O)(C(=O)c1ccccc1)[C@H](O)C(=O)O)c1ccccc1. The predicted molar refractivity (Wildman–Crippen MR) is 147 cm³/mol. The number of aryl methyl sites for hydroxylation is 1. The fourth-order valence-electron chi connectivity index (χ4n) is 3.69. The van der Waals surface area contributed by atoms with E-state index in [1.807, 2.05) is 0 Å². The molecule has 11 nitrogen and oxygen atoms in total. The smallest absolute Gasteiger partial charge is 0.360 e. The summed E-state index contributed by atoms with van der Waals surface area (Å²) in [5.74, 6) is -6.82. The second-order valence-electron chi connectivity index (χ2n) is 8.62. The van der Waals surface area contributed by atoms with E-state index >= 15 is 0 Å². The van der Waals surface area contributed by atoms with Crippen LogP contribution >= 0.6 is 11.6 Å². The van der Waals surface area contributed by atoms with E-state index in [1.54, 1.807) is 43.3 Å². The Kier molecular flexibility index (Phi) is 9.98.